The highest BCUT2D eigenvalue weighted by Gasteiger charge is 2.29. The van der Waals surface area contributed by atoms with E-state index in [1.54, 1.807) is 12.1 Å². The Morgan fingerprint density at radius 1 is 1.54 bits per heavy atom. The van der Waals surface area contributed by atoms with Gasteiger partial charge in [0.25, 0.3) is 0 Å². The molecule has 1 heterocycles. The lowest BCUT2D eigenvalue weighted by molar-refractivity contribution is -0.121. The lowest BCUT2D eigenvalue weighted by Crippen LogP contribution is -2.46. The van der Waals surface area contributed by atoms with Crippen LogP contribution in [0.5, 0.6) is 0 Å². The number of unbranched alkanes of at least 4 members (excludes halogenated alkanes) is 1. The molecular formula is C18H26ClFN2O2. The molecule has 6 heteroatoms. The zero-order chi connectivity index (χ0) is 17.5. The van der Waals surface area contributed by atoms with Crippen LogP contribution in [-0.4, -0.2) is 43.2 Å². The summed E-state index contributed by atoms with van der Waals surface area (Å²) in [5.41, 5.74) is 0.448. The molecule has 0 bridgehead atoms. The number of nitrogens with zero attached hydrogens (tertiary/aromatic N) is 1. The zero-order valence-corrected chi connectivity index (χ0v) is 15.1. The lowest BCUT2D eigenvalue weighted by Gasteiger charge is -2.38. The number of ether oxygens (including phenoxy) is 1. The third kappa shape index (κ3) is 5.16. The molecule has 4 nitrogen and oxygen atoms in total. The first kappa shape index (κ1) is 19.2. The van der Waals surface area contributed by atoms with Crippen molar-refractivity contribution in [1.29, 1.82) is 0 Å². The molecule has 0 unspecified atom stereocenters. The summed E-state index contributed by atoms with van der Waals surface area (Å²) in [5, 5.41) is 3.33. The van der Waals surface area contributed by atoms with E-state index >= 15 is 0 Å². The first-order valence-electron chi connectivity index (χ1n) is 8.59. The highest BCUT2D eigenvalue weighted by atomic mass is 35.5. The van der Waals surface area contributed by atoms with Crippen LogP contribution in [0.15, 0.2) is 18.2 Å². The van der Waals surface area contributed by atoms with Crippen LogP contribution >= 0.6 is 11.6 Å². The first-order chi connectivity index (χ1) is 11.5. The Bertz CT molecular complexity index is 536. The minimum Gasteiger partial charge on any atom is -0.376 e. The summed E-state index contributed by atoms with van der Waals surface area (Å²) in [5.74, 6) is -0.343. The molecule has 0 radical (unpaired) electrons. The molecule has 0 aliphatic carbocycles. The minimum absolute atomic E-state index is 0.00406. The van der Waals surface area contributed by atoms with Crippen molar-refractivity contribution in [3.63, 3.8) is 0 Å². The number of nitrogens with one attached hydrogen (secondary N) is 1. The predicted molar refractivity (Wildman–Crippen MR) is 93.7 cm³/mol. The number of benzene rings is 1. The van der Waals surface area contributed by atoms with Crippen molar-refractivity contribution in [3.05, 3.63) is 34.6 Å². The maximum atomic E-state index is 14.4. The van der Waals surface area contributed by atoms with E-state index in [9.17, 15) is 9.18 Å². The van der Waals surface area contributed by atoms with Gasteiger partial charge in [0.05, 0.1) is 18.8 Å². The van der Waals surface area contributed by atoms with Gasteiger partial charge in [-0.05, 0) is 25.5 Å². The van der Waals surface area contributed by atoms with Crippen LogP contribution < -0.4 is 5.32 Å². The van der Waals surface area contributed by atoms with E-state index in [1.165, 1.54) is 6.07 Å². The Kier molecular flexibility index (Phi) is 7.46. The number of carbonyl (C=O) groups excluding carboxylic acids is 1. The van der Waals surface area contributed by atoms with Crippen molar-refractivity contribution in [2.75, 3.05) is 26.2 Å². The van der Waals surface area contributed by atoms with Crippen molar-refractivity contribution < 1.29 is 13.9 Å². The number of hydrogen-bond donors (Lipinski definition) is 1. The molecule has 0 saturated carbocycles. The van der Waals surface area contributed by atoms with Gasteiger partial charge in [-0.1, -0.05) is 31.0 Å². The standard InChI is InChI=1S/C18H26ClFN2O2/c1-3-4-8-17(23)21-11-16(22-9-10-24-13(2)12-22)18-14(19)6-5-7-15(18)20/h5-7,13,16H,3-4,8-12H2,1-2H3,(H,21,23)/t13-,16-/m0/s1. The van der Waals surface area contributed by atoms with Crippen LogP contribution in [0.25, 0.3) is 0 Å². The molecule has 134 valence electrons. The van der Waals surface area contributed by atoms with Gasteiger partial charge in [-0.25, -0.2) is 4.39 Å². The van der Waals surface area contributed by atoms with E-state index in [-0.39, 0.29) is 23.9 Å². The molecule has 1 N–H and O–H groups in total. The van der Waals surface area contributed by atoms with Gasteiger partial charge in [-0.2, -0.15) is 0 Å². The summed E-state index contributed by atoms with van der Waals surface area (Å²) in [7, 11) is 0. The second kappa shape index (κ2) is 9.35. The highest BCUT2D eigenvalue weighted by molar-refractivity contribution is 6.31. The van der Waals surface area contributed by atoms with Crippen LogP contribution in [0.2, 0.25) is 5.02 Å². The van der Waals surface area contributed by atoms with Crippen molar-refractivity contribution in [2.24, 2.45) is 0 Å². The third-order valence-electron chi connectivity index (χ3n) is 4.30. The summed E-state index contributed by atoms with van der Waals surface area (Å²) < 4.78 is 20.0. The van der Waals surface area contributed by atoms with Crippen LogP contribution in [0.3, 0.4) is 0 Å². The third-order valence-corrected chi connectivity index (χ3v) is 4.63. The van der Waals surface area contributed by atoms with Gasteiger partial charge in [-0.15, -0.1) is 0 Å². The van der Waals surface area contributed by atoms with E-state index in [0.717, 1.165) is 12.8 Å². The molecule has 1 aliphatic rings. The number of amides is 1. The smallest absolute Gasteiger partial charge is 0.220 e. The first-order valence-corrected chi connectivity index (χ1v) is 8.97. The average Bonchev–Trinajstić information content (AvgIpc) is 2.55. The fraction of sp³-hybridized carbons (Fsp3) is 0.611. The van der Waals surface area contributed by atoms with Crippen molar-refractivity contribution in [1.82, 2.24) is 10.2 Å². The molecule has 2 rings (SSSR count). The molecule has 0 spiro atoms. The van der Waals surface area contributed by atoms with Crippen LogP contribution in [-0.2, 0) is 9.53 Å². The Balaban J connectivity index is 2.16. The van der Waals surface area contributed by atoms with Gasteiger partial charge in [0, 0.05) is 36.6 Å². The van der Waals surface area contributed by atoms with Gasteiger partial charge < -0.3 is 10.1 Å². The van der Waals surface area contributed by atoms with Gasteiger partial charge in [0.2, 0.25) is 5.91 Å². The number of rotatable bonds is 7. The molecule has 1 aromatic rings. The monoisotopic (exact) mass is 356 g/mol. The molecule has 0 aromatic heterocycles. The summed E-state index contributed by atoms with van der Waals surface area (Å²) in [6, 6.07) is 4.41. The topological polar surface area (TPSA) is 41.6 Å². The maximum absolute atomic E-state index is 14.4. The fourth-order valence-electron chi connectivity index (χ4n) is 3.01. The fourth-order valence-corrected chi connectivity index (χ4v) is 3.30. The van der Waals surface area contributed by atoms with Gasteiger partial charge >= 0.3 is 0 Å². The highest BCUT2D eigenvalue weighted by Crippen LogP contribution is 2.31. The molecular weight excluding hydrogens is 331 g/mol. The van der Waals surface area contributed by atoms with Crippen molar-refractivity contribution >= 4 is 17.5 Å². The van der Waals surface area contributed by atoms with Crippen LogP contribution in [0.4, 0.5) is 4.39 Å². The van der Waals surface area contributed by atoms with Gasteiger partial charge in [-0.3, -0.25) is 9.69 Å². The summed E-state index contributed by atoms with van der Waals surface area (Å²) >= 11 is 6.27. The Hall–Kier alpha value is -1.17. The molecule has 24 heavy (non-hydrogen) atoms. The Morgan fingerprint density at radius 3 is 3.00 bits per heavy atom. The van der Waals surface area contributed by atoms with Gasteiger partial charge in [0.15, 0.2) is 0 Å². The summed E-state index contributed by atoms with van der Waals surface area (Å²) in [6.45, 7) is 6.34. The van der Waals surface area contributed by atoms with Crippen molar-refractivity contribution in [2.45, 2.75) is 45.3 Å². The molecule has 1 amide bonds. The molecule has 1 fully saturated rings. The lowest BCUT2D eigenvalue weighted by atomic mass is 10.0. The van der Waals surface area contributed by atoms with E-state index in [0.29, 0.717) is 43.2 Å². The number of carbonyl (C=O) groups is 1. The quantitative estimate of drug-likeness (QED) is 0.812. The van der Waals surface area contributed by atoms with E-state index in [1.807, 2.05) is 13.8 Å². The SMILES string of the molecule is CCCCC(=O)NC[C@@H](c1c(F)cccc1Cl)N1CCO[C@@H](C)C1. The molecule has 1 saturated heterocycles. The Morgan fingerprint density at radius 2 is 2.33 bits per heavy atom. The normalized spacial score (nSPS) is 19.9. The molecule has 1 aliphatic heterocycles. The van der Waals surface area contributed by atoms with Gasteiger partial charge in [0.1, 0.15) is 5.82 Å². The Labute approximate surface area is 148 Å². The maximum Gasteiger partial charge on any atom is 0.220 e. The second-order valence-electron chi connectivity index (χ2n) is 6.24. The largest absolute Gasteiger partial charge is 0.376 e. The zero-order valence-electron chi connectivity index (χ0n) is 14.4. The minimum atomic E-state index is -0.338. The van der Waals surface area contributed by atoms with Crippen LogP contribution in [0.1, 0.15) is 44.7 Å². The van der Waals surface area contributed by atoms with E-state index in [4.69, 9.17) is 16.3 Å². The molecule has 2 atom stereocenters. The number of morpholine rings is 1. The molecule has 1 aromatic carbocycles. The van der Waals surface area contributed by atoms with Crippen LogP contribution in [0, 0.1) is 5.82 Å². The number of hydrogen-bond acceptors (Lipinski definition) is 3. The van der Waals surface area contributed by atoms with Crippen molar-refractivity contribution in [3.8, 4) is 0 Å². The summed E-state index contributed by atoms with van der Waals surface area (Å²) in [4.78, 5) is 14.1. The number of halogens is 2. The predicted octanol–water partition coefficient (Wildman–Crippen LogP) is 3.55. The second-order valence-corrected chi connectivity index (χ2v) is 6.64. The average molecular weight is 357 g/mol. The van der Waals surface area contributed by atoms with E-state index in [2.05, 4.69) is 10.2 Å². The van der Waals surface area contributed by atoms with E-state index < -0.39 is 0 Å². The summed E-state index contributed by atoms with van der Waals surface area (Å²) in [6.07, 6.45) is 2.39.